The summed E-state index contributed by atoms with van der Waals surface area (Å²) in [7, 11) is 0. The van der Waals surface area contributed by atoms with Gasteiger partial charge in [-0.2, -0.15) is 0 Å². The highest BCUT2D eigenvalue weighted by atomic mass is 16.5. The van der Waals surface area contributed by atoms with Crippen molar-refractivity contribution in [3.8, 4) is 0 Å². The minimum Gasteiger partial charge on any atom is -0.466 e. The zero-order valence-electron chi connectivity index (χ0n) is 45.1. The molecule has 0 spiro atoms. The molecule has 0 aromatic rings. The van der Waals surface area contributed by atoms with E-state index in [9.17, 15) is 19.8 Å². The zero-order valence-corrected chi connectivity index (χ0v) is 45.1. The lowest BCUT2D eigenvalue weighted by atomic mass is 10.0. The number of unbranched alkanes of at least 4 members (excludes halogenated alkanes) is 43. The molecule has 0 aliphatic heterocycles. The summed E-state index contributed by atoms with van der Waals surface area (Å²) in [4.78, 5) is 24.5. The van der Waals surface area contributed by atoms with E-state index in [1.807, 2.05) is 6.08 Å². The molecule has 6 nitrogen and oxygen atoms in total. The van der Waals surface area contributed by atoms with Gasteiger partial charge in [0.1, 0.15) is 0 Å². The van der Waals surface area contributed by atoms with Gasteiger partial charge in [-0.25, -0.2) is 0 Å². The fourth-order valence-corrected chi connectivity index (χ4v) is 9.34. The number of ether oxygens (including phenoxy) is 1. The van der Waals surface area contributed by atoms with E-state index < -0.39 is 12.1 Å². The Hall–Kier alpha value is -1.66. The SMILES string of the molecule is CCCCCCC/C=C\CCCCCCCC(=O)OCCCCCCCCCCCCCC(=O)NC(CO)C(O)/C=C/CCCCCCCCCCCCCCCCCCCCCCCCC. The molecule has 0 heterocycles. The molecular formula is C61H117NO5. The summed E-state index contributed by atoms with van der Waals surface area (Å²) in [5.74, 6) is -0.107. The Morgan fingerprint density at radius 3 is 1.06 bits per heavy atom. The largest absolute Gasteiger partial charge is 0.466 e. The molecule has 0 aliphatic rings. The molecule has 396 valence electrons. The summed E-state index contributed by atoms with van der Waals surface area (Å²) < 4.78 is 5.46. The van der Waals surface area contributed by atoms with Crippen molar-refractivity contribution in [2.75, 3.05) is 13.2 Å². The average Bonchev–Trinajstić information content (AvgIpc) is 3.33. The van der Waals surface area contributed by atoms with Crippen LogP contribution in [0.5, 0.6) is 0 Å². The zero-order chi connectivity index (χ0) is 48.6. The second kappa shape index (κ2) is 56.9. The number of aliphatic hydroxyl groups excluding tert-OH is 2. The number of aliphatic hydroxyl groups is 2. The van der Waals surface area contributed by atoms with Crippen LogP contribution in [-0.4, -0.2) is 47.4 Å². The maximum Gasteiger partial charge on any atom is 0.305 e. The number of allylic oxidation sites excluding steroid dienone is 3. The van der Waals surface area contributed by atoms with Gasteiger partial charge in [0.15, 0.2) is 0 Å². The number of esters is 1. The highest BCUT2D eigenvalue weighted by Gasteiger charge is 2.18. The number of rotatable bonds is 56. The van der Waals surface area contributed by atoms with E-state index in [0.717, 1.165) is 57.8 Å². The first kappa shape index (κ1) is 65.3. The molecule has 3 N–H and O–H groups in total. The van der Waals surface area contributed by atoms with Crippen molar-refractivity contribution >= 4 is 11.9 Å². The van der Waals surface area contributed by atoms with Crippen molar-refractivity contribution in [2.24, 2.45) is 0 Å². The Morgan fingerprint density at radius 2 is 0.701 bits per heavy atom. The minimum absolute atomic E-state index is 0.0231. The molecule has 0 bridgehead atoms. The molecule has 0 aromatic heterocycles. The summed E-state index contributed by atoms with van der Waals surface area (Å²) in [6.45, 7) is 4.87. The van der Waals surface area contributed by atoms with E-state index in [1.54, 1.807) is 6.08 Å². The van der Waals surface area contributed by atoms with E-state index in [0.29, 0.717) is 19.4 Å². The fourth-order valence-electron chi connectivity index (χ4n) is 9.34. The van der Waals surface area contributed by atoms with Crippen LogP contribution in [0.1, 0.15) is 328 Å². The van der Waals surface area contributed by atoms with Gasteiger partial charge in [0.25, 0.3) is 0 Å². The van der Waals surface area contributed by atoms with E-state index in [2.05, 4.69) is 31.3 Å². The molecule has 0 aliphatic carbocycles. The standard InChI is InChI=1S/C61H117NO5/c1-3-5-7-9-11-13-15-17-19-20-21-22-23-24-25-26-27-28-29-30-33-37-41-45-49-53-59(64)58(57-63)62-60(65)54-50-46-42-38-34-32-36-40-44-48-52-56-67-61(66)55-51-47-43-39-35-31-18-16-14-12-10-8-6-4-2/h16,18,49,53,58-59,63-64H,3-15,17,19-48,50-52,54-57H2,1-2H3,(H,62,65)/b18-16-,53-49+. The predicted molar refractivity (Wildman–Crippen MR) is 292 cm³/mol. The third-order valence-electron chi connectivity index (χ3n) is 14.0. The normalized spacial score (nSPS) is 12.7. The van der Waals surface area contributed by atoms with Crippen LogP contribution in [0, 0.1) is 0 Å². The van der Waals surface area contributed by atoms with Crippen LogP contribution in [0.15, 0.2) is 24.3 Å². The number of hydrogen-bond acceptors (Lipinski definition) is 5. The van der Waals surface area contributed by atoms with E-state index in [4.69, 9.17) is 4.74 Å². The fraction of sp³-hybridized carbons (Fsp3) is 0.902. The van der Waals surface area contributed by atoms with E-state index in [1.165, 1.54) is 244 Å². The monoisotopic (exact) mass is 944 g/mol. The minimum atomic E-state index is -0.858. The highest BCUT2D eigenvalue weighted by Crippen LogP contribution is 2.17. The lowest BCUT2D eigenvalue weighted by Gasteiger charge is -2.20. The first-order valence-electron chi connectivity index (χ1n) is 30.1. The second-order valence-electron chi connectivity index (χ2n) is 20.7. The topological polar surface area (TPSA) is 95.9 Å². The summed E-state index contributed by atoms with van der Waals surface area (Å²) >= 11 is 0. The molecule has 0 fully saturated rings. The molecule has 0 saturated carbocycles. The Bertz CT molecular complexity index is 1040. The van der Waals surface area contributed by atoms with Crippen molar-refractivity contribution < 1.29 is 24.5 Å². The quantitative estimate of drug-likeness (QED) is 0.0321. The van der Waals surface area contributed by atoms with Gasteiger partial charge in [0.2, 0.25) is 5.91 Å². The van der Waals surface area contributed by atoms with Crippen LogP contribution in [-0.2, 0) is 14.3 Å². The van der Waals surface area contributed by atoms with Gasteiger partial charge in [-0.3, -0.25) is 9.59 Å². The molecule has 0 radical (unpaired) electrons. The van der Waals surface area contributed by atoms with Gasteiger partial charge in [-0.15, -0.1) is 0 Å². The Labute approximate surface area is 418 Å². The first-order valence-corrected chi connectivity index (χ1v) is 30.1. The summed E-state index contributed by atoms with van der Waals surface area (Å²) in [6.07, 6.45) is 69.2. The lowest BCUT2D eigenvalue weighted by molar-refractivity contribution is -0.143. The number of amides is 1. The summed E-state index contributed by atoms with van der Waals surface area (Å²) in [5.41, 5.74) is 0. The summed E-state index contributed by atoms with van der Waals surface area (Å²) in [6, 6.07) is -0.643. The molecule has 0 saturated heterocycles. The predicted octanol–water partition coefficient (Wildman–Crippen LogP) is 18.6. The molecule has 67 heavy (non-hydrogen) atoms. The first-order chi connectivity index (χ1) is 33.0. The second-order valence-corrected chi connectivity index (χ2v) is 20.7. The number of carbonyl (C=O) groups is 2. The third-order valence-corrected chi connectivity index (χ3v) is 14.0. The van der Waals surface area contributed by atoms with Crippen molar-refractivity contribution in [2.45, 2.75) is 341 Å². The number of hydrogen-bond donors (Lipinski definition) is 3. The van der Waals surface area contributed by atoms with Crippen LogP contribution in [0.2, 0.25) is 0 Å². The van der Waals surface area contributed by atoms with Gasteiger partial charge >= 0.3 is 5.97 Å². The third kappa shape index (κ3) is 53.5. The maximum atomic E-state index is 12.5. The maximum absolute atomic E-state index is 12.5. The number of nitrogens with one attached hydrogen (secondary N) is 1. The lowest BCUT2D eigenvalue weighted by Crippen LogP contribution is -2.45. The van der Waals surface area contributed by atoms with Crippen molar-refractivity contribution in [3.05, 3.63) is 24.3 Å². The van der Waals surface area contributed by atoms with Crippen molar-refractivity contribution in [3.63, 3.8) is 0 Å². The van der Waals surface area contributed by atoms with Gasteiger partial charge in [-0.1, -0.05) is 282 Å². The van der Waals surface area contributed by atoms with Crippen molar-refractivity contribution in [1.82, 2.24) is 5.32 Å². The summed E-state index contributed by atoms with van der Waals surface area (Å²) in [5, 5.41) is 23.2. The molecule has 1 amide bonds. The van der Waals surface area contributed by atoms with Crippen LogP contribution in [0.3, 0.4) is 0 Å². The van der Waals surface area contributed by atoms with Gasteiger partial charge < -0.3 is 20.3 Å². The van der Waals surface area contributed by atoms with E-state index >= 15 is 0 Å². The van der Waals surface area contributed by atoms with Gasteiger partial charge in [-0.05, 0) is 57.8 Å². The van der Waals surface area contributed by atoms with Crippen molar-refractivity contribution in [1.29, 1.82) is 0 Å². The molecule has 0 aromatic carbocycles. The van der Waals surface area contributed by atoms with Crippen LogP contribution < -0.4 is 5.32 Å². The molecule has 2 unspecified atom stereocenters. The Balaban J connectivity index is 3.49. The molecule has 0 rings (SSSR count). The molecular weight excluding hydrogens is 827 g/mol. The van der Waals surface area contributed by atoms with Gasteiger partial charge in [0, 0.05) is 12.8 Å². The molecule has 2 atom stereocenters. The van der Waals surface area contributed by atoms with Crippen LogP contribution >= 0.6 is 0 Å². The van der Waals surface area contributed by atoms with Crippen LogP contribution in [0.25, 0.3) is 0 Å². The van der Waals surface area contributed by atoms with Gasteiger partial charge in [0.05, 0.1) is 25.4 Å². The highest BCUT2D eigenvalue weighted by molar-refractivity contribution is 5.76. The van der Waals surface area contributed by atoms with E-state index in [-0.39, 0.29) is 18.5 Å². The smallest absolute Gasteiger partial charge is 0.305 e. The molecule has 6 heteroatoms. The average molecular weight is 945 g/mol. The Morgan fingerprint density at radius 1 is 0.403 bits per heavy atom. The number of carbonyl (C=O) groups excluding carboxylic acids is 2. The Kier molecular flexibility index (Phi) is 55.5. The van der Waals surface area contributed by atoms with Crippen LogP contribution in [0.4, 0.5) is 0 Å².